The van der Waals surface area contributed by atoms with Crippen molar-refractivity contribution in [3.8, 4) is 0 Å². The summed E-state index contributed by atoms with van der Waals surface area (Å²) in [4.78, 5) is 6.65. The first-order valence-corrected chi connectivity index (χ1v) is 8.27. The maximum Gasteiger partial charge on any atom is 0.451 e. The number of nitrogens with zero attached hydrogens (tertiary/aromatic N) is 5. The minimum atomic E-state index is -4.47. The maximum atomic E-state index is 12.9. The molecule has 1 aliphatic heterocycles. The Morgan fingerprint density at radius 1 is 1.12 bits per heavy atom. The molecular weight excluding hydrogens is 339 g/mol. The van der Waals surface area contributed by atoms with Crippen molar-refractivity contribution in [2.75, 3.05) is 11.4 Å². The maximum absolute atomic E-state index is 12.9. The van der Waals surface area contributed by atoms with Crippen LogP contribution in [0.1, 0.15) is 22.8 Å². The number of alkyl halides is 3. The van der Waals surface area contributed by atoms with Gasteiger partial charge in [-0.2, -0.15) is 13.2 Å². The van der Waals surface area contributed by atoms with Crippen LogP contribution >= 0.6 is 11.3 Å². The van der Waals surface area contributed by atoms with Crippen LogP contribution in [0.25, 0.3) is 10.2 Å². The predicted octanol–water partition coefficient (Wildman–Crippen LogP) is 3.54. The van der Waals surface area contributed by atoms with Crippen molar-refractivity contribution in [1.29, 1.82) is 0 Å². The number of thiazole rings is 1. The van der Waals surface area contributed by atoms with Crippen molar-refractivity contribution in [1.82, 2.24) is 19.7 Å². The van der Waals surface area contributed by atoms with E-state index in [1.54, 1.807) is 11.3 Å². The number of hydrogen-bond acceptors (Lipinski definition) is 5. The largest absolute Gasteiger partial charge is 0.451 e. The minimum absolute atomic E-state index is 0.200. The summed E-state index contributed by atoms with van der Waals surface area (Å²) in [6.45, 7) is 5.00. The van der Waals surface area contributed by atoms with E-state index in [0.29, 0.717) is 12.4 Å². The van der Waals surface area contributed by atoms with Gasteiger partial charge in [0, 0.05) is 13.1 Å². The number of hydrogen-bond donors (Lipinski definition) is 0. The average Bonchev–Trinajstić information content (AvgIpc) is 3.14. The predicted molar refractivity (Wildman–Crippen MR) is 85.2 cm³/mol. The quantitative estimate of drug-likeness (QED) is 0.671. The zero-order valence-corrected chi connectivity index (χ0v) is 13.9. The Morgan fingerprint density at radius 3 is 2.67 bits per heavy atom. The highest BCUT2D eigenvalue weighted by atomic mass is 32.1. The fourth-order valence-corrected chi connectivity index (χ4v) is 3.93. The molecule has 3 aromatic rings. The van der Waals surface area contributed by atoms with Crippen LogP contribution < -0.4 is 4.90 Å². The second-order valence-corrected chi connectivity index (χ2v) is 6.87. The molecule has 1 aromatic carbocycles. The molecular formula is C15H14F3N5S. The van der Waals surface area contributed by atoms with Gasteiger partial charge >= 0.3 is 6.18 Å². The van der Waals surface area contributed by atoms with Crippen LogP contribution in [0.3, 0.4) is 0 Å². The fraction of sp³-hybridized carbons (Fsp3) is 0.400. The number of rotatable bonds is 1. The molecule has 0 unspecified atom stereocenters. The normalized spacial score (nSPS) is 15.1. The third kappa shape index (κ3) is 2.34. The molecule has 0 spiro atoms. The number of anilines is 1. The summed E-state index contributed by atoms with van der Waals surface area (Å²) in [5.41, 5.74) is 3.26. The van der Waals surface area contributed by atoms with E-state index in [-0.39, 0.29) is 13.1 Å². The van der Waals surface area contributed by atoms with Gasteiger partial charge in [0.15, 0.2) is 11.0 Å². The van der Waals surface area contributed by atoms with Crippen LogP contribution in [0.2, 0.25) is 0 Å². The Morgan fingerprint density at radius 2 is 1.92 bits per heavy atom. The highest BCUT2D eigenvalue weighted by Crippen LogP contribution is 2.34. The number of fused-ring (bicyclic) bond motifs is 2. The lowest BCUT2D eigenvalue weighted by Crippen LogP contribution is -2.35. The summed E-state index contributed by atoms with van der Waals surface area (Å²) in [5, 5.41) is 7.83. The molecule has 1 aliphatic rings. The van der Waals surface area contributed by atoms with E-state index < -0.39 is 12.0 Å². The highest BCUT2D eigenvalue weighted by Gasteiger charge is 2.39. The van der Waals surface area contributed by atoms with E-state index in [0.717, 1.165) is 25.5 Å². The molecule has 0 N–H and O–H groups in total. The van der Waals surface area contributed by atoms with Crippen LogP contribution in [-0.4, -0.2) is 26.3 Å². The molecule has 3 heterocycles. The van der Waals surface area contributed by atoms with Crippen molar-refractivity contribution in [2.24, 2.45) is 0 Å². The summed E-state index contributed by atoms with van der Waals surface area (Å²) in [7, 11) is 0. The van der Waals surface area contributed by atoms with E-state index in [9.17, 15) is 13.2 Å². The van der Waals surface area contributed by atoms with Crippen LogP contribution in [0, 0.1) is 13.8 Å². The second-order valence-electron chi connectivity index (χ2n) is 5.86. The van der Waals surface area contributed by atoms with Gasteiger partial charge in [-0.3, -0.25) is 0 Å². The number of aryl methyl sites for hydroxylation is 2. The van der Waals surface area contributed by atoms with E-state index in [2.05, 4.69) is 16.3 Å². The van der Waals surface area contributed by atoms with Gasteiger partial charge in [0.2, 0.25) is 5.82 Å². The van der Waals surface area contributed by atoms with Gasteiger partial charge in [-0.25, -0.2) is 4.98 Å². The molecule has 24 heavy (non-hydrogen) atoms. The smallest absolute Gasteiger partial charge is 0.339 e. The molecule has 0 aliphatic carbocycles. The second kappa shape index (κ2) is 5.17. The van der Waals surface area contributed by atoms with Gasteiger partial charge < -0.3 is 9.47 Å². The molecule has 0 saturated carbocycles. The Balaban J connectivity index is 1.68. The van der Waals surface area contributed by atoms with Gasteiger partial charge in [-0.1, -0.05) is 17.4 Å². The van der Waals surface area contributed by atoms with E-state index >= 15 is 0 Å². The summed E-state index contributed by atoms with van der Waals surface area (Å²) < 4.78 is 40.9. The average molecular weight is 353 g/mol. The number of benzene rings is 1. The molecule has 0 atom stereocenters. The molecule has 2 aromatic heterocycles. The van der Waals surface area contributed by atoms with E-state index in [4.69, 9.17) is 4.98 Å². The van der Waals surface area contributed by atoms with Crippen molar-refractivity contribution in [3.05, 3.63) is 34.9 Å². The molecule has 5 nitrogen and oxygen atoms in total. The SMILES string of the molecule is Cc1ccc2sc(N3CCn4c(nnc4C(F)(F)F)C3)nc2c1C. The third-order valence-corrected chi connectivity index (χ3v) is 5.43. The monoisotopic (exact) mass is 353 g/mol. The standard InChI is InChI=1S/C15H14F3N5S/c1-8-3-4-10-12(9(8)2)19-14(24-10)22-5-6-23-11(7-22)20-21-13(23)15(16,17)18/h3-4H,5-7H2,1-2H3. The Hall–Kier alpha value is -2.16. The van der Waals surface area contributed by atoms with E-state index in [1.165, 1.54) is 5.56 Å². The summed E-state index contributed by atoms with van der Waals surface area (Å²) in [6.07, 6.45) is -4.47. The first-order valence-electron chi connectivity index (χ1n) is 7.45. The molecule has 0 radical (unpaired) electrons. The number of halogens is 3. The Bertz CT molecular complexity index is 927. The van der Waals surface area contributed by atoms with Crippen LogP contribution in [0.5, 0.6) is 0 Å². The first-order chi connectivity index (χ1) is 11.3. The topological polar surface area (TPSA) is 46.8 Å². The lowest BCUT2D eigenvalue weighted by atomic mass is 10.1. The van der Waals surface area contributed by atoms with Crippen LogP contribution in [0.15, 0.2) is 12.1 Å². The van der Waals surface area contributed by atoms with Gasteiger partial charge in [0.05, 0.1) is 16.8 Å². The fourth-order valence-electron chi connectivity index (χ4n) is 2.88. The summed E-state index contributed by atoms with van der Waals surface area (Å²) in [6, 6.07) is 4.09. The molecule has 0 saturated heterocycles. The lowest BCUT2D eigenvalue weighted by Gasteiger charge is -2.27. The van der Waals surface area contributed by atoms with Gasteiger partial charge in [0.25, 0.3) is 0 Å². The Labute approximate surface area is 139 Å². The van der Waals surface area contributed by atoms with Crippen molar-refractivity contribution in [3.63, 3.8) is 0 Å². The molecule has 4 rings (SSSR count). The summed E-state index contributed by atoms with van der Waals surface area (Å²) >= 11 is 1.55. The third-order valence-electron chi connectivity index (χ3n) is 4.35. The zero-order valence-electron chi connectivity index (χ0n) is 13.1. The highest BCUT2D eigenvalue weighted by molar-refractivity contribution is 7.22. The Kier molecular flexibility index (Phi) is 3.31. The van der Waals surface area contributed by atoms with Crippen LogP contribution in [0.4, 0.5) is 18.3 Å². The number of aromatic nitrogens is 4. The van der Waals surface area contributed by atoms with Crippen LogP contribution in [-0.2, 0) is 19.3 Å². The van der Waals surface area contributed by atoms with Gasteiger partial charge in [-0.05, 0) is 31.0 Å². The van der Waals surface area contributed by atoms with Gasteiger partial charge in [-0.15, -0.1) is 10.2 Å². The molecule has 0 amide bonds. The minimum Gasteiger partial charge on any atom is -0.339 e. The molecule has 126 valence electrons. The molecule has 0 bridgehead atoms. The lowest BCUT2D eigenvalue weighted by molar-refractivity contribution is -0.147. The van der Waals surface area contributed by atoms with Crippen molar-refractivity contribution in [2.45, 2.75) is 33.1 Å². The summed E-state index contributed by atoms with van der Waals surface area (Å²) in [5.74, 6) is -0.603. The molecule has 0 fully saturated rings. The molecule has 9 heteroatoms. The van der Waals surface area contributed by atoms with Crippen molar-refractivity contribution >= 4 is 26.7 Å². The van der Waals surface area contributed by atoms with Gasteiger partial charge in [0.1, 0.15) is 0 Å². The van der Waals surface area contributed by atoms with E-state index in [1.807, 2.05) is 24.8 Å². The van der Waals surface area contributed by atoms with Crippen molar-refractivity contribution < 1.29 is 13.2 Å². The zero-order chi connectivity index (χ0) is 17.1. The first kappa shape index (κ1) is 15.4.